The second-order valence-electron chi connectivity index (χ2n) is 6.16. The van der Waals surface area contributed by atoms with E-state index in [9.17, 15) is 4.79 Å². The molecule has 1 aliphatic rings. The van der Waals surface area contributed by atoms with Gasteiger partial charge in [0.25, 0.3) is 0 Å². The Morgan fingerprint density at radius 2 is 1.70 bits per heavy atom. The molecule has 23 heavy (non-hydrogen) atoms. The van der Waals surface area contributed by atoms with E-state index in [4.69, 9.17) is 4.74 Å². The summed E-state index contributed by atoms with van der Waals surface area (Å²) in [4.78, 5) is 12.8. The van der Waals surface area contributed by atoms with E-state index in [1.807, 2.05) is 11.0 Å². The predicted molar refractivity (Wildman–Crippen MR) is 91.2 cm³/mol. The quantitative estimate of drug-likeness (QED) is 0.793. The lowest BCUT2D eigenvalue weighted by atomic mass is 9.80. The van der Waals surface area contributed by atoms with Crippen LogP contribution in [0.2, 0.25) is 0 Å². The number of ether oxygens (including phenoxy) is 1. The van der Waals surface area contributed by atoms with Crippen LogP contribution in [-0.2, 0) is 21.6 Å². The fraction of sp³-hybridized carbons (Fsp3) is 0.350. The normalized spacial score (nSPS) is 17.0. The zero-order valence-electron chi connectivity index (χ0n) is 13.6. The molecule has 1 saturated heterocycles. The first-order chi connectivity index (χ1) is 11.3. The Labute approximate surface area is 137 Å². The number of hydrogen-bond donors (Lipinski definition) is 0. The van der Waals surface area contributed by atoms with Crippen LogP contribution in [-0.4, -0.2) is 31.5 Å². The van der Waals surface area contributed by atoms with E-state index in [-0.39, 0.29) is 5.60 Å². The fourth-order valence-corrected chi connectivity index (χ4v) is 3.51. The van der Waals surface area contributed by atoms with E-state index in [0.717, 1.165) is 38.8 Å². The third-order valence-corrected chi connectivity index (χ3v) is 4.89. The fourth-order valence-electron chi connectivity index (χ4n) is 3.51. The number of methoxy groups -OCH3 is 1. The lowest BCUT2D eigenvalue weighted by Crippen LogP contribution is -2.43. The van der Waals surface area contributed by atoms with E-state index < -0.39 is 0 Å². The molecule has 0 atom stereocenters. The second-order valence-corrected chi connectivity index (χ2v) is 6.16. The van der Waals surface area contributed by atoms with Crippen LogP contribution in [0.1, 0.15) is 29.5 Å². The smallest absolute Gasteiger partial charge is 0.209 e. The standard InChI is InChI=1S/C20H23NO2/c1-23-20(11-13-21(16-22)14-12-20)19-10-6-5-9-18(19)15-17-7-3-2-4-8-17/h2-10,16H,11-15H2,1H3. The Kier molecular flexibility index (Phi) is 4.77. The SMILES string of the molecule is COC1(c2ccccc2Cc2ccccc2)CCN(C=O)CC1. The van der Waals surface area contributed by atoms with Gasteiger partial charge >= 0.3 is 0 Å². The summed E-state index contributed by atoms with van der Waals surface area (Å²) < 4.78 is 5.99. The van der Waals surface area contributed by atoms with Crippen molar-refractivity contribution >= 4 is 6.41 Å². The lowest BCUT2D eigenvalue weighted by molar-refractivity contribution is -0.124. The summed E-state index contributed by atoms with van der Waals surface area (Å²) in [5, 5.41) is 0. The molecule has 0 spiro atoms. The Morgan fingerprint density at radius 1 is 1.04 bits per heavy atom. The highest BCUT2D eigenvalue weighted by Crippen LogP contribution is 2.38. The Morgan fingerprint density at radius 3 is 2.35 bits per heavy atom. The summed E-state index contributed by atoms with van der Waals surface area (Å²) in [5.41, 5.74) is 3.58. The number of benzene rings is 2. The van der Waals surface area contributed by atoms with E-state index in [1.165, 1.54) is 16.7 Å². The van der Waals surface area contributed by atoms with Crippen molar-refractivity contribution in [1.29, 1.82) is 0 Å². The van der Waals surface area contributed by atoms with Crippen LogP contribution in [0.3, 0.4) is 0 Å². The van der Waals surface area contributed by atoms with Gasteiger partial charge in [0.2, 0.25) is 6.41 Å². The summed E-state index contributed by atoms with van der Waals surface area (Å²) >= 11 is 0. The minimum absolute atomic E-state index is 0.287. The monoisotopic (exact) mass is 309 g/mol. The van der Waals surface area contributed by atoms with Crippen LogP contribution in [0.5, 0.6) is 0 Å². The maximum atomic E-state index is 11.0. The summed E-state index contributed by atoms with van der Waals surface area (Å²) in [6.07, 6.45) is 3.52. The molecule has 3 nitrogen and oxygen atoms in total. The van der Waals surface area contributed by atoms with Crippen molar-refractivity contribution in [3.05, 3.63) is 71.3 Å². The molecule has 0 bridgehead atoms. The van der Waals surface area contributed by atoms with Gasteiger partial charge in [0.05, 0.1) is 5.60 Å². The van der Waals surface area contributed by atoms with Gasteiger partial charge in [-0.1, -0.05) is 54.6 Å². The first-order valence-electron chi connectivity index (χ1n) is 8.14. The van der Waals surface area contributed by atoms with Gasteiger partial charge in [-0.05, 0) is 36.0 Å². The molecule has 0 aliphatic carbocycles. The van der Waals surface area contributed by atoms with E-state index in [2.05, 4.69) is 48.5 Å². The highest BCUT2D eigenvalue weighted by Gasteiger charge is 2.37. The maximum Gasteiger partial charge on any atom is 0.209 e. The molecule has 0 saturated carbocycles. The largest absolute Gasteiger partial charge is 0.373 e. The highest BCUT2D eigenvalue weighted by atomic mass is 16.5. The first kappa shape index (κ1) is 15.8. The topological polar surface area (TPSA) is 29.5 Å². The minimum atomic E-state index is -0.287. The zero-order valence-corrected chi connectivity index (χ0v) is 13.6. The average molecular weight is 309 g/mol. The van der Waals surface area contributed by atoms with Gasteiger partial charge in [0.1, 0.15) is 0 Å². The Balaban J connectivity index is 1.91. The molecule has 1 fully saturated rings. The van der Waals surface area contributed by atoms with Gasteiger partial charge in [-0.25, -0.2) is 0 Å². The molecule has 0 N–H and O–H groups in total. The Hall–Kier alpha value is -2.13. The van der Waals surface area contributed by atoms with Gasteiger partial charge in [-0.2, -0.15) is 0 Å². The number of carbonyl (C=O) groups excluding carboxylic acids is 1. The number of piperidine rings is 1. The van der Waals surface area contributed by atoms with E-state index in [1.54, 1.807) is 7.11 Å². The van der Waals surface area contributed by atoms with Crippen LogP contribution in [0.25, 0.3) is 0 Å². The number of amides is 1. The molecule has 3 rings (SSSR count). The molecule has 1 heterocycles. The van der Waals surface area contributed by atoms with Crippen LogP contribution in [0.15, 0.2) is 54.6 Å². The zero-order chi connectivity index (χ0) is 16.1. The van der Waals surface area contributed by atoms with E-state index >= 15 is 0 Å². The summed E-state index contributed by atoms with van der Waals surface area (Å²) in [7, 11) is 1.79. The Bertz CT molecular complexity index is 646. The number of nitrogens with zero attached hydrogens (tertiary/aromatic N) is 1. The first-order valence-corrected chi connectivity index (χ1v) is 8.14. The average Bonchev–Trinajstić information content (AvgIpc) is 2.63. The molecule has 3 heteroatoms. The molecule has 1 aliphatic heterocycles. The predicted octanol–water partition coefficient (Wildman–Crippen LogP) is 3.37. The maximum absolute atomic E-state index is 11.0. The minimum Gasteiger partial charge on any atom is -0.373 e. The van der Waals surface area contributed by atoms with Crippen LogP contribution < -0.4 is 0 Å². The number of rotatable bonds is 5. The van der Waals surface area contributed by atoms with Crippen molar-refractivity contribution < 1.29 is 9.53 Å². The summed E-state index contributed by atoms with van der Waals surface area (Å²) in [6, 6.07) is 19.0. The molecule has 2 aromatic carbocycles. The summed E-state index contributed by atoms with van der Waals surface area (Å²) in [5.74, 6) is 0. The van der Waals surface area contributed by atoms with Crippen molar-refractivity contribution in [1.82, 2.24) is 4.90 Å². The molecule has 1 amide bonds. The van der Waals surface area contributed by atoms with Gasteiger partial charge in [-0.3, -0.25) is 4.79 Å². The molecular weight excluding hydrogens is 286 g/mol. The molecule has 0 unspecified atom stereocenters. The van der Waals surface area contributed by atoms with Crippen molar-refractivity contribution in [2.45, 2.75) is 24.9 Å². The van der Waals surface area contributed by atoms with Gasteiger partial charge in [0.15, 0.2) is 0 Å². The highest BCUT2D eigenvalue weighted by molar-refractivity contribution is 5.47. The summed E-state index contributed by atoms with van der Waals surface area (Å²) in [6.45, 7) is 1.49. The molecule has 0 aromatic heterocycles. The van der Waals surface area contributed by atoms with Crippen molar-refractivity contribution in [2.24, 2.45) is 0 Å². The molecule has 120 valence electrons. The van der Waals surface area contributed by atoms with Gasteiger partial charge in [0, 0.05) is 20.2 Å². The van der Waals surface area contributed by atoms with Crippen LogP contribution in [0.4, 0.5) is 0 Å². The van der Waals surface area contributed by atoms with Crippen molar-refractivity contribution in [3.8, 4) is 0 Å². The third kappa shape index (κ3) is 3.30. The number of hydrogen-bond acceptors (Lipinski definition) is 2. The molecule has 2 aromatic rings. The van der Waals surface area contributed by atoms with Gasteiger partial charge < -0.3 is 9.64 Å². The lowest BCUT2D eigenvalue weighted by Gasteiger charge is -2.41. The van der Waals surface area contributed by atoms with Crippen molar-refractivity contribution in [2.75, 3.05) is 20.2 Å². The number of likely N-dealkylation sites (tertiary alicyclic amines) is 1. The second kappa shape index (κ2) is 6.97. The van der Waals surface area contributed by atoms with Crippen LogP contribution >= 0.6 is 0 Å². The van der Waals surface area contributed by atoms with Crippen molar-refractivity contribution in [3.63, 3.8) is 0 Å². The third-order valence-electron chi connectivity index (χ3n) is 4.89. The number of carbonyl (C=O) groups is 1. The molecule has 0 radical (unpaired) electrons. The van der Waals surface area contributed by atoms with Crippen LogP contribution in [0, 0.1) is 0 Å². The molecular formula is C20H23NO2. The van der Waals surface area contributed by atoms with E-state index in [0.29, 0.717) is 0 Å². The van der Waals surface area contributed by atoms with Gasteiger partial charge in [-0.15, -0.1) is 0 Å².